The highest BCUT2D eigenvalue weighted by Gasteiger charge is 2.39. The molecule has 1 aliphatic heterocycles. The minimum absolute atomic E-state index is 0.0761. The smallest absolute Gasteiger partial charge is 0.283 e. The second-order valence-corrected chi connectivity index (χ2v) is 7.06. The molecule has 0 atom stereocenters. The number of benzene rings is 3. The summed E-state index contributed by atoms with van der Waals surface area (Å²) in [5.74, 6) is 0.241. The molecular weight excluding hydrogens is 400 g/mol. The van der Waals surface area contributed by atoms with E-state index in [1.165, 1.54) is 0 Å². The quantitative estimate of drug-likeness (QED) is 0.539. The van der Waals surface area contributed by atoms with Gasteiger partial charge in [0, 0.05) is 5.69 Å². The van der Waals surface area contributed by atoms with E-state index >= 15 is 0 Å². The van der Waals surface area contributed by atoms with E-state index < -0.39 is 11.8 Å². The van der Waals surface area contributed by atoms with E-state index in [2.05, 4.69) is 5.32 Å². The fourth-order valence-electron chi connectivity index (χ4n) is 3.22. The topological polar surface area (TPSA) is 58.6 Å². The summed E-state index contributed by atoms with van der Waals surface area (Å²) in [5, 5.41) is 2.92. The number of imide groups is 1. The maximum absolute atomic E-state index is 13.0. The second kappa shape index (κ2) is 8.43. The minimum atomic E-state index is -0.560. The van der Waals surface area contributed by atoms with E-state index in [1.807, 2.05) is 61.5 Å². The summed E-state index contributed by atoms with van der Waals surface area (Å²) in [7, 11) is 0. The summed E-state index contributed by atoms with van der Waals surface area (Å²) in [5.41, 5.74) is 2.27. The number of rotatable bonds is 6. The average Bonchev–Trinajstić information content (AvgIpc) is 2.99. The van der Waals surface area contributed by atoms with Gasteiger partial charge in [-0.1, -0.05) is 54.9 Å². The lowest BCUT2D eigenvalue weighted by atomic mass is 10.1. The molecule has 3 aromatic rings. The fourth-order valence-corrected chi connectivity index (χ4v) is 3.43. The number of hydrogen-bond acceptors (Lipinski definition) is 4. The molecule has 4 rings (SSSR count). The molecule has 30 heavy (non-hydrogen) atoms. The Labute approximate surface area is 179 Å². The van der Waals surface area contributed by atoms with Gasteiger partial charge in [0.15, 0.2) is 0 Å². The van der Waals surface area contributed by atoms with Gasteiger partial charge in [-0.15, -0.1) is 0 Å². The van der Waals surface area contributed by atoms with Crippen LogP contribution in [0.2, 0.25) is 0 Å². The van der Waals surface area contributed by atoms with E-state index in [9.17, 15) is 9.59 Å². The molecule has 1 N–H and O–H groups in total. The highest BCUT2D eigenvalue weighted by Crippen LogP contribution is 2.32. The predicted octanol–water partition coefficient (Wildman–Crippen LogP) is 5.48. The third-order valence-electron chi connectivity index (χ3n) is 4.76. The van der Waals surface area contributed by atoms with Crippen molar-refractivity contribution in [3.8, 4) is 11.5 Å². The molecular formula is C24H19ClN2O3. The SMILES string of the molecule is CCc1ccccc1NC1=C(Cl)C(=O)N(c2ccc(Oc3ccccc3)cc2)C1=O. The number of amides is 2. The minimum Gasteiger partial charge on any atom is -0.457 e. The first-order valence-corrected chi connectivity index (χ1v) is 9.92. The Morgan fingerprint density at radius 3 is 2.17 bits per heavy atom. The third kappa shape index (κ3) is 3.80. The summed E-state index contributed by atoms with van der Waals surface area (Å²) in [4.78, 5) is 26.7. The van der Waals surface area contributed by atoms with Crippen molar-refractivity contribution in [3.05, 3.63) is 95.2 Å². The van der Waals surface area contributed by atoms with Gasteiger partial charge in [0.2, 0.25) is 0 Å². The van der Waals surface area contributed by atoms with Crippen molar-refractivity contribution in [1.82, 2.24) is 0 Å². The van der Waals surface area contributed by atoms with Crippen LogP contribution in [-0.2, 0) is 16.0 Å². The number of ether oxygens (including phenoxy) is 1. The van der Waals surface area contributed by atoms with Crippen molar-refractivity contribution in [2.75, 3.05) is 10.2 Å². The summed E-state index contributed by atoms with van der Waals surface area (Å²) >= 11 is 6.23. The fraction of sp³-hybridized carbons (Fsp3) is 0.0833. The van der Waals surface area contributed by atoms with Crippen molar-refractivity contribution < 1.29 is 14.3 Å². The average molecular weight is 419 g/mol. The standard InChI is InChI=1S/C24H19ClN2O3/c1-2-16-8-6-7-11-20(16)26-22-21(25)23(28)27(24(22)29)17-12-14-19(15-13-17)30-18-9-4-3-5-10-18/h3-15,26H,2H2,1H3. The van der Waals surface area contributed by atoms with Crippen molar-refractivity contribution in [1.29, 1.82) is 0 Å². The highest BCUT2D eigenvalue weighted by molar-refractivity contribution is 6.53. The van der Waals surface area contributed by atoms with Gasteiger partial charge in [-0.05, 0) is 54.4 Å². The molecule has 6 heteroatoms. The van der Waals surface area contributed by atoms with Gasteiger partial charge in [-0.2, -0.15) is 0 Å². The first-order valence-electron chi connectivity index (χ1n) is 9.55. The lowest BCUT2D eigenvalue weighted by Gasteiger charge is -2.16. The highest BCUT2D eigenvalue weighted by atomic mass is 35.5. The first-order chi connectivity index (χ1) is 14.6. The normalized spacial score (nSPS) is 13.7. The van der Waals surface area contributed by atoms with Gasteiger partial charge in [0.1, 0.15) is 22.2 Å². The number of halogens is 1. The van der Waals surface area contributed by atoms with E-state index in [0.717, 1.165) is 22.6 Å². The number of para-hydroxylation sites is 2. The molecule has 0 aliphatic carbocycles. The van der Waals surface area contributed by atoms with Crippen LogP contribution in [0.25, 0.3) is 0 Å². The summed E-state index contributed by atoms with van der Waals surface area (Å²) < 4.78 is 5.76. The molecule has 3 aromatic carbocycles. The molecule has 0 saturated heterocycles. The molecule has 0 bridgehead atoms. The Kier molecular flexibility index (Phi) is 5.55. The van der Waals surface area contributed by atoms with Gasteiger partial charge in [0.25, 0.3) is 11.8 Å². The van der Waals surface area contributed by atoms with Crippen LogP contribution < -0.4 is 15.0 Å². The number of carbonyl (C=O) groups excluding carboxylic acids is 2. The molecule has 0 saturated carbocycles. The van der Waals surface area contributed by atoms with Gasteiger partial charge < -0.3 is 10.1 Å². The van der Waals surface area contributed by atoms with Crippen LogP contribution in [0.3, 0.4) is 0 Å². The van der Waals surface area contributed by atoms with E-state index in [1.54, 1.807) is 24.3 Å². The molecule has 1 heterocycles. The van der Waals surface area contributed by atoms with Crippen molar-refractivity contribution in [2.45, 2.75) is 13.3 Å². The molecule has 1 aliphatic rings. The zero-order valence-electron chi connectivity index (χ0n) is 16.3. The summed E-state index contributed by atoms with van der Waals surface area (Å²) in [6, 6.07) is 23.7. The van der Waals surface area contributed by atoms with Crippen LogP contribution in [0.15, 0.2) is 89.6 Å². The Balaban J connectivity index is 1.55. The molecule has 150 valence electrons. The number of aryl methyl sites for hydroxylation is 1. The van der Waals surface area contributed by atoms with Gasteiger partial charge >= 0.3 is 0 Å². The predicted molar refractivity (Wildman–Crippen MR) is 118 cm³/mol. The van der Waals surface area contributed by atoms with Gasteiger partial charge in [0.05, 0.1) is 5.69 Å². The van der Waals surface area contributed by atoms with Crippen molar-refractivity contribution in [3.63, 3.8) is 0 Å². The summed E-state index contributed by atoms with van der Waals surface area (Å²) in [6.45, 7) is 2.02. The van der Waals surface area contributed by atoms with Crippen LogP contribution >= 0.6 is 11.6 Å². The maximum atomic E-state index is 13.0. The number of nitrogens with zero attached hydrogens (tertiary/aromatic N) is 1. The van der Waals surface area contributed by atoms with E-state index in [-0.39, 0.29) is 10.7 Å². The number of hydrogen-bond donors (Lipinski definition) is 1. The Bertz CT molecular complexity index is 1120. The third-order valence-corrected chi connectivity index (χ3v) is 5.11. The van der Waals surface area contributed by atoms with Crippen LogP contribution in [-0.4, -0.2) is 11.8 Å². The molecule has 5 nitrogen and oxygen atoms in total. The number of nitrogens with one attached hydrogen (secondary N) is 1. The molecule has 2 amide bonds. The number of carbonyl (C=O) groups is 2. The zero-order chi connectivity index (χ0) is 21.1. The van der Waals surface area contributed by atoms with Crippen LogP contribution in [0.1, 0.15) is 12.5 Å². The maximum Gasteiger partial charge on any atom is 0.283 e. The van der Waals surface area contributed by atoms with Crippen molar-refractivity contribution >= 4 is 34.8 Å². The van der Waals surface area contributed by atoms with Crippen LogP contribution in [0.4, 0.5) is 11.4 Å². The molecule has 0 aromatic heterocycles. The van der Waals surface area contributed by atoms with Crippen LogP contribution in [0.5, 0.6) is 11.5 Å². The zero-order valence-corrected chi connectivity index (χ0v) is 17.0. The van der Waals surface area contributed by atoms with Gasteiger partial charge in [-0.25, -0.2) is 4.90 Å². The molecule has 0 radical (unpaired) electrons. The Morgan fingerprint density at radius 1 is 0.833 bits per heavy atom. The Hall–Kier alpha value is -3.57. The largest absolute Gasteiger partial charge is 0.457 e. The summed E-state index contributed by atoms with van der Waals surface area (Å²) in [6.07, 6.45) is 0.781. The molecule has 0 spiro atoms. The molecule has 0 unspecified atom stereocenters. The Morgan fingerprint density at radius 2 is 1.47 bits per heavy atom. The first kappa shape index (κ1) is 19.7. The van der Waals surface area contributed by atoms with Crippen LogP contribution in [0, 0.1) is 0 Å². The van der Waals surface area contributed by atoms with E-state index in [0.29, 0.717) is 17.2 Å². The van der Waals surface area contributed by atoms with Crippen molar-refractivity contribution in [2.24, 2.45) is 0 Å². The lowest BCUT2D eigenvalue weighted by Crippen LogP contribution is -2.32. The number of anilines is 2. The van der Waals surface area contributed by atoms with Gasteiger partial charge in [-0.3, -0.25) is 9.59 Å². The lowest BCUT2D eigenvalue weighted by molar-refractivity contribution is -0.120. The second-order valence-electron chi connectivity index (χ2n) is 6.68. The van der Waals surface area contributed by atoms with E-state index in [4.69, 9.17) is 16.3 Å². The molecule has 0 fully saturated rings. The monoisotopic (exact) mass is 418 g/mol.